The molecular weight excluding hydrogens is 280 g/mol. The standard InChI is InChI=1S/C18H24O4/c1-3-5-12-8-17-13(19)21-9-15(17)6-11(4-2)7-16(15)10-22-14(20)18(12,16)17/h11-12H,3-10H2,1-2H3/t11-,12-,15-,16+,17+,18+/m0/s1. The average Bonchev–Trinajstić information content (AvgIpc) is 3.06. The van der Waals surface area contributed by atoms with E-state index in [1.807, 2.05) is 0 Å². The summed E-state index contributed by atoms with van der Waals surface area (Å²) in [4.78, 5) is 25.6. The van der Waals surface area contributed by atoms with E-state index in [0.29, 0.717) is 25.0 Å². The molecule has 0 aromatic heterocycles. The Bertz CT molecular complexity index is 600. The second-order valence-corrected chi connectivity index (χ2v) is 8.40. The minimum absolute atomic E-state index is 0.0802. The van der Waals surface area contributed by atoms with E-state index in [9.17, 15) is 9.59 Å². The van der Waals surface area contributed by atoms with Crippen LogP contribution in [0.1, 0.15) is 52.4 Å². The summed E-state index contributed by atoms with van der Waals surface area (Å²) in [6.45, 7) is 5.44. The van der Waals surface area contributed by atoms with Gasteiger partial charge in [0.25, 0.3) is 0 Å². The highest BCUT2D eigenvalue weighted by Crippen LogP contribution is 2.97. The summed E-state index contributed by atoms with van der Waals surface area (Å²) in [7, 11) is 0. The zero-order chi connectivity index (χ0) is 15.4. The molecule has 0 unspecified atom stereocenters. The summed E-state index contributed by atoms with van der Waals surface area (Å²) in [5.41, 5.74) is -1.28. The SMILES string of the molecule is CCC[C@H]1C[C@@]23C(=O)OC[C@]24C[C@H](CC)C[C@@]42COC(=O)[C@]123. The number of ether oxygens (including phenoxy) is 2. The van der Waals surface area contributed by atoms with Gasteiger partial charge in [-0.1, -0.05) is 26.7 Å². The van der Waals surface area contributed by atoms with Crippen molar-refractivity contribution < 1.29 is 19.1 Å². The number of carbonyl (C=O) groups excluding carboxylic acids is 2. The van der Waals surface area contributed by atoms with Gasteiger partial charge in [-0.25, -0.2) is 0 Å². The van der Waals surface area contributed by atoms with Crippen LogP contribution in [-0.4, -0.2) is 25.2 Å². The Morgan fingerprint density at radius 2 is 1.68 bits per heavy atom. The van der Waals surface area contributed by atoms with Crippen molar-refractivity contribution in [3.8, 4) is 0 Å². The lowest BCUT2D eigenvalue weighted by Gasteiger charge is -2.79. The summed E-state index contributed by atoms with van der Waals surface area (Å²) >= 11 is 0. The third-order valence-electron chi connectivity index (χ3n) is 8.38. The van der Waals surface area contributed by atoms with E-state index in [4.69, 9.17) is 9.47 Å². The highest BCUT2D eigenvalue weighted by atomic mass is 16.6. The smallest absolute Gasteiger partial charge is 0.314 e. The van der Waals surface area contributed by atoms with Gasteiger partial charge in [-0.15, -0.1) is 0 Å². The molecule has 5 aliphatic rings. The molecule has 4 heteroatoms. The van der Waals surface area contributed by atoms with Crippen molar-refractivity contribution in [2.45, 2.75) is 52.4 Å². The van der Waals surface area contributed by atoms with Gasteiger partial charge in [0, 0.05) is 10.8 Å². The van der Waals surface area contributed by atoms with E-state index in [0.717, 1.165) is 38.5 Å². The molecule has 2 aliphatic heterocycles. The van der Waals surface area contributed by atoms with Gasteiger partial charge in [0.05, 0.1) is 24.0 Å². The van der Waals surface area contributed by atoms with Crippen LogP contribution in [0, 0.1) is 33.5 Å². The Balaban J connectivity index is 1.72. The third-order valence-corrected chi connectivity index (χ3v) is 8.38. The van der Waals surface area contributed by atoms with E-state index in [1.54, 1.807) is 0 Å². The van der Waals surface area contributed by atoms with E-state index in [1.165, 1.54) is 0 Å². The maximum Gasteiger partial charge on any atom is 0.314 e. The summed E-state index contributed by atoms with van der Waals surface area (Å²) < 4.78 is 11.3. The van der Waals surface area contributed by atoms with Crippen molar-refractivity contribution in [1.82, 2.24) is 0 Å². The van der Waals surface area contributed by atoms with Gasteiger partial charge in [-0.05, 0) is 37.5 Å². The van der Waals surface area contributed by atoms with Gasteiger partial charge in [0.1, 0.15) is 0 Å². The molecule has 5 rings (SSSR count). The highest BCUT2D eigenvalue weighted by molar-refractivity contribution is 5.99. The number of esters is 2. The van der Waals surface area contributed by atoms with Crippen molar-refractivity contribution in [3.05, 3.63) is 0 Å². The molecule has 3 saturated carbocycles. The van der Waals surface area contributed by atoms with Crippen molar-refractivity contribution in [2.24, 2.45) is 33.5 Å². The first kappa shape index (κ1) is 13.4. The second-order valence-electron chi connectivity index (χ2n) is 8.40. The molecule has 0 aromatic carbocycles. The van der Waals surface area contributed by atoms with Crippen LogP contribution in [0.15, 0.2) is 0 Å². The van der Waals surface area contributed by atoms with Crippen LogP contribution in [0.3, 0.4) is 0 Å². The number of cyclic esters (lactones) is 2. The molecule has 120 valence electrons. The minimum atomic E-state index is -0.534. The Hall–Kier alpha value is -1.06. The van der Waals surface area contributed by atoms with Crippen molar-refractivity contribution in [3.63, 3.8) is 0 Å². The predicted molar refractivity (Wildman–Crippen MR) is 77.7 cm³/mol. The fourth-order valence-electron chi connectivity index (χ4n) is 7.96. The topological polar surface area (TPSA) is 52.6 Å². The Morgan fingerprint density at radius 3 is 2.41 bits per heavy atom. The number of hydrogen-bond donors (Lipinski definition) is 0. The average molecular weight is 304 g/mol. The molecule has 4 nitrogen and oxygen atoms in total. The van der Waals surface area contributed by atoms with E-state index >= 15 is 0 Å². The molecule has 0 radical (unpaired) electrons. The van der Waals surface area contributed by atoms with Gasteiger partial charge < -0.3 is 9.47 Å². The summed E-state index contributed by atoms with van der Waals surface area (Å²) in [6.07, 6.45) is 6.16. The Labute approximate surface area is 130 Å². The molecule has 2 heterocycles. The number of rotatable bonds is 3. The Morgan fingerprint density at radius 1 is 1.00 bits per heavy atom. The zero-order valence-electron chi connectivity index (χ0n) is 13.4. The van der Waals surface area contributed by atoms with Crippen LogP contribution in [0.4, 0.5) is 0 Å². The maximum atomic E-state index is 12.9. The molecule has 4 spiro atoms. The molecular formula is C18H24O4. The fraction of sp³-hybridized carbons (Fsp3) is 0.889. The molecule has 2 saturated heterocycles. The largest absolute Gasteiger partial charge is 0.465 e. The summed E-state index contributed by atoms with van der Waals surface area (Å²) in [5, 5.41) is 0. The molecule has 6 atom stereocenters. The normalized spacial score (nSPS) is 57.0. The van der Waals surface area contributed by atoms with E-state index in [2.05, 4.69) is 13.8 Å². The first-order valence-corrected chi connectivity index (χ1v) is 8.91. The summed E-state index contributed by atoms with van der Waals surface area (Å²) in [5.74, 6) is 0.752. The number of carbonyl (C=O) groups is 2. The maximum absolute atomic E-state index is 12.9. The molecule has 0 bridgehead atoms. The predicted octanol–water partition coefficient (Wildman–Crippen LogP) is 2.70. The molecule has 0 N–H and O–H groups in total. The molecule has 3 aliphatic carbocycles. The van der Waals surface area contributed by atoms with Gasteiger partial charge in [0.15, 0.2) is 0 Å². The molecule has 5 fully saturated rings. The third kappa shape index (κ3) is 0.845. The Kier molecular flexibility index (Phi) is 2.15. The van der Waals surface area contributed by atoms with Crippen LogP contribution in [0.2, 0.25) is 0 Å². The quantitative estimate of drug-likeness (QED) is 0.752. The number of hydrogen-bond acceptors (Lipinski definition) is 4. The fourth-order valence-corrected chi connectivity index (χ4v) is 7.96. The lowest BCUT2D eigenvalue weighted by Crippen LogP contribution is -2.86. The van der Waals surface area contributed by atoms with Gasteiger partial charge in [-0.3, -0.25) is 9.59 Å². The molecule has 0 amide bonds. The van der Waals surface area contributed by atoms with Crippen molar-refractivity contribution in [1.29, 1.82) is 0 Å². The lowest BCUT2D eigenvalue weighted by atomic mass is 9.17. The van der Waals surface area contributed by atoms with Crippen LogP contribution >= 0.6 is 0 Å². The molecule has 0 aromatic rings. The van der Waals surface area contributed by atoms with Gasteiger partial charge in [-0.2, -0.15) is 0 Å². The highest BCUT2D eigenvalue weighted by Gasteiger charge is 3.03. The van der Waals surface area contributed by atoms with E-state index < -0.39 is 10.8 Å². The van der Waals surface area contributed by atoms with E-state index in [-0.39, 0.29) is 22.8 Å². The van der Waals surface area contributed by atoms with Crippen LogP contribution in [0.5, 0.6) is 0 Å². The van der Waals surface area contributed by atoms with Gasteiger partial charge >= 0.3 is 11.9 Å². The molecule has 22 heavy (non-hydrogen) atoms. The van der Waals surface area contributed by atoms with Crippen molar-refractivity contribution in [2.75, 3.05) is 13.2 Å². The van der Waals surface area contributed by atoms with Crippen LogP contribution in [0.25, 0.3) is 0 Å². The van der Waals surface area contributed by atoms with Crippen LogP contribution < -0.4 is 0 Å². The summed E-state index contributed by atoms with van der Waals surface area (Å²) in [6, 6.07) is 0. The van der Waals surface area contributed by atoms with Gasteiger partial charge in [0.2, 0.25) is 0 Å². The minimum Gasteiger partial charge on any atom is -0.465 e. The van der Waals surface area contributed by atoms with Crippen LogP contribution in [-0.2, 0) is 19.1 Å². The first-order valence-electron chi connectivity index (χ1n) is 8.91. The lowest BCUT2D eigenvalue weighted by molar-refractivity contribution is -0.348. The van der Waals surface area contributed by atoms with Crippen molar-refractivity contribution >= 4 is 11.9 Å². The second kappa shape index (κ2) is 3.54. The monoisotopic (exact) mass is 304 g/mol. The zero-order valence-corrected chi connectivity index (χ0v) is 13.4. The first-order chi connectivity index (χ1) is 10.6.